The number of nitrogens with zero attached hydrogens (tertiary/aromatic N) is 1. The summed E-state index contributed by atoms with van der Waals surface area (Å²) in [7, 11) is -11.1. The predicted molar refractivity (Wildman–Crippen MR) is 105 cm³/mol. The fraction of sp³-hybridized carbons (Fsp3) is 0.750. The molecule has 0 saturated carbocycles. The van der Waals surface area contributed by atoms with Crippen molar-refractivity contribution in [3.05, 3.63) is 32.6 Å². The molecule has 1 aromatic rings. The van der Waals surface area contributed by atoms with E-state index in [2.05, 4.69) is 18.3 Å². The first kappa shape index (κ1) is 27.3. The molecule has 2 aliphatic rings. The molecule has 3 rings (SSSR count). The number of hydrogen-bond donors (Lipinski definition) is 4. The highest BCUT2D eigenvalue weighted by Crippen LogP contribution is 2.57. The van der Waals surface area contributed by atoms with E-state index in [-0.39, 0.29) is 12.0 Å². The number of rotatable bonds is 9. The van der Waals surface area contributed by atoms with Gasteiger partial charge in [0.05, 0.1) is 25.4 Å². The first-order valence-electron chi connectivity index (χ1n) is 9.95. The van der Waals surface area contributed by atoms with Crippen LogP contribution < -0.4 is 21.0 Å². The fourth-order valence-electron chi connectivity index (χ4n) is 3.42. The van der Waals surface area contributed by atoms with Gasteiger partial charge in [0.2, 0.25) is 0 Å². The maximum Gasteiger partial charge on any atom is 0.330 e. The SMILES string of the molecule is Cc1cn([C@H]2C[C@H](O)[C@@H](COP(=O)([O-])OP(=O)([O-])O[C@@H]3C[C@@](O)(CO)[C@H](C)O3)O2)c(=O)[nH]c1=O. The highest BCUT2D eigenvalue weighted by atomic mass is 31.3. The molecule has 18 heteroatoms. The van der Waals surface area contributed by atoms with Crippen molar-refractivity contribution < 1.29 is 57.1 Å². The molecule has 0 bridgehead atoms. The molecule has 2 aliphatic heterocycles. The van der Waals surface area contributed by atoms with Crippen LogP contribution in [0.3, 0.4) is 0 Å². The second kappa shape index (κ2) is 10.0. The maximum absolute atomic E-state index is 12.0. The van der Waals surface area contributed by atoms with Gasteiger partial charge in [0.1, 0.15) is 17.9 Å². The van der Waals surface area contributed by atoms with Crippen molar-refractivity contribution >= 4 is 15.6 Å². The molecular formula is C16H24N2O14P2-2. The van der Waals surface area contributed by atoms with Crippen molar-refractivity contribution in [2.75, 3.05) is 13.2 Å². The number of aryl methyl sites for hydroxylation is 1. The van der Waals surface area contributed by atoms with Gasteiger partial charge >= 0.3 is 5.69 Å². The lowest BCUT2D eigenvalue weighted by Crippen LogP contribution is -2.39. The van der Waals surface area contributed by atoms with E-state index in [9.17, 15) is 43.8 Å². The summed E-state index contributed by atoms with van der Waals surface area (Å²) in [5.41, 5.74) is -3.01. The molecule has 4 N–H and O–H groups in total. The highest BCUT2D eigenvalue weighted by Gasteiger charge is 2.46. The minimum atomic E-state index is -5.56. The van der Waals surface area contributed by atoms with Crippen molar-refractivity contribution in [2.45, 2.75) is 63.1 Å². The minimum Gasteiger partial charge on any atom is -0.756 e. The number of hydrogen-bond acceptors (Lipinski definition) is 14. The standard InChI is InChI=1S/C16H26N2O14P2/c1-8-5-18(15(22)17-14(8)21)12-3-10(20)11(30-12)6-28-33(24,25)32-34(26,27)31-13-4-16(23,7-19)9(2)29-13/h5,9-13,19-20,23H,3-4,6-7H2,1-2H3,(H,24,25)(H,26,27)(H,17,21,22)/p-2/t9-,10-,11+,12+,13+,16+/m0/s1. The summed E-state index contributed by atoms with van der Waals surface area (Å²) in [4.78, 5) is 49.5. The van der Waals surface area contributed by atoms with Gasteiger partial charge in [0.25, 0.3) is 21.2 Å². The third-order valence-corrected chi connectivity index (χ3v) is 7.97. The first-order chi connectivity index (χ1) is 15.6. The molecule has 2 fully saturated rings. The minimum absolute atomic E-state index is 0.155. The number of ether oxygens (including phenoxy) is 2. The van der Waals surface area contributed by atoms with Crippen LogP contribution in [-0.2, 0) is 32.0 Å². The Balaban J connectivity index is 1.57. The van der Waals surface area contributed by atoms with Crippen LogP contribution in [0.15, 0.2) is 15.8 Å². The lowest BCUT2D eigenvalue weighted by molar-refractivity contribution is -0.254. The third kappa shape index (κ3) is 6.29. The van der Waals surface area contributed by atoms with Crippen molar-refractivity contribution in [1.82, 2.24) is 9.55 Å². The van der Waals surface area contributed by atoms with Gasteiger partial charge in [-0.1, -0.05) is 0 Å². The quantitative estimate of drug-likeness (QED) is 0.238. The van der Waals surface area contributed by atoms with E-state index >= 15 is 0 Å². The lowest BCUT2D eigenvalue weighted by Gasteiger charge is -2.32. The van der Waals surface area contributed by atoms with E-state index in [0.29, 0.717) is 0 Å². The Labute approximate surface area is 191 Å². The van der Waals surface area contributed by atoms with Gasteiger partial charge in [-0.25, -0.2) is 9.11 Å². The second-order valence-corrected chi connectivity index (χ2v) is 10.9. The molecule has 0 radical (unpaired) electrons. The molecule has 8 atom stereocenters. The van der Waals surface area contributed by atoms with E-state index in [1.54, 1.807) is 0 Å². The van der Waals surface area contributed by atoms with E-state index in [0.717, 1.165) is 4.57 Å². The summed E-state index contributed by atoms with van der Waals surface area (Å²) in [6.45, 7) is 1.17. The molecular weight excluding hydrogens is 506 g/mol. The molecule has 0 amide bonds. The summed E-state index contributed by atoms with van der Waals surface area (Å²) in [5, 5.41) is 29.3. The zero-order chi connectivity index (χ0) is 25.5. The largest absolute Gasteiger partial charge is 0.756 e. The van der Waals surface area contributed by atoms with Gasteiger partial charge in [0, 0.05) is 24.6 Å². The lowest BCUT2D eigenvalue weighted by atomic mass is 9.98. The molecule has 0 aromatic carbocycles. The average molecular weight is 530 g/mol. The number of nitrogens with one attached hydrogen (secondary N) is 1. The zero-order valence-corrected chi connectivity index (χ0v) is 19.8. The van der Waals surface area contributed by atoms with Gasteiger partial charge in [0.15, 0.2) is 6.29 Å². The van der Waals surface area contributed by atoms with E-state index < -0.39 is 83.0 Å². The number of phosphoric ester groups is 2. The first-order valence-corrected chi connectivity index (χ1v) is 12.9. The molecule has 2 saturated heterocycles. The molecule has 0 spiro atoms. The van der Waals surface area contributed by atoms with Gasteiger partial charge in [-0.3, -0.25) is 28.0 Å². The van der Waals surface area contributed by atoms with Crippen LogP contribution in [-0.4, -0.2) is 68.3 Å². The van der Waals surface area contributed by atoms with Crippen molar-refractivity contribution in [3.63, 3.8) is 0 Å². The Morgan fingerprint density at radius 2 is 1.97 bits per heavy atom. The zero-order valence-electron chi connectivity index (χ0n) is 18.0. The second-order valence-electron chi connectivity index (χ2n) is 7.96. The Morgan fingerprint density at radius 3 is 2.59 bits per heavy atom. The molecule has 0 aliphatic carbocycles. The van der Waals surface area contributed by atoms with Crippen LogP contribution in [0.25, 0.3) is 0 Å². The molecule has 2 unspecified atom stereocenters. The summed E-state index contributed by atoms with van der Waals surface area (Å²) in [6, 6.07) is 0. The number of aromatic nitrogens is 2. The smallest absolute Gasteiger partial charge is 0.330 e. The van der Waals surface area contributed by atoms with Gasteiger partial charge in [-0.15, -0.1) is 0 Å². The maximum atomic E-state index is 12.0. The van der Waals surface area contributed by atoms with Crippen LogP contribution >= 0.6 is 15.6 Å². The Morgan fingerprint density at radius 1 is 1.29 bits per heavy atom. The van der Waals surface area contributed by atoms with E-state index in [1.807, 2.05) is 0 Å². The Bertz CT molecular complexity index is 1110. The van der Waals surface area contributed by atoms with Gasteiger partial charge < -0.3 is 39.1 Å². The number of H-pyrrole nitrogens is 1. The topological polar surface area (TPSA) is 242 Å². The summed E-state index contributed by atoms with van der Waals surface area (Å²) < 4.78 is 48.4. The predicted octanol–water partition coefficient (Wildman–Crippen LogP) is -2.66. The Kier molecular flexibility index (Phi) is 8.05. The number of phosphoric acid groups is 2. The van der Waals surface area contributed by atoms with E-state index in [4.69, 9.17) is 9.47 Å². The monoisotopic (exact) mass is 530 g/mol. The summed E-state index contributed by atoms with van der Waals surface area (Å²) in [6.07, 6.45) is -5.70. The van der Waals surface area contributed by atoms with Crippen LogP contribution in [0.4, 0.5) is 0 Å². The molecule has 1 aromatic heterocycles. The molecule has 16 nitrogen and oxygen atoms in total. The van der Waals surface area contributed by atoms with Crippen molar-refractivity contribution in [3.8, 4) is 0 Å². The number of aromatic amines is 1. The van der Waals surface area contributed by atoms with Crippen LogP contribution in [0.1, 0.15) is 31.6 Å². The normalized spacial score (nSPS) is 35.2. The Hall–Kier alpha value is -1.26. The van der Waals surface area contributed by atoms with Gasteiger partial charge in [-0.2, -0.15) is 0 Å². The van der Waals surface area contributed by atoms with Crippen LogP contribution in [0.2, 0.25) is 0 Å². The van der Waals surface area contributed by atoms with Crippen molar-refractivity contribution in [2.24, 2.45) is 0 Å². The fourth-order valence-corrected chi connectivity index (χ4v) is 5.49. The van der Waals surface area contributed by atoms with Crippen LogP contribution in [0.5, 0.6) is 0 Å². The molecule has 194 valence electrons. The number of aliphatic hydroxyl groups excluding tert-OH is 2. The highest BCUT2D eigenvalue weighted by molar-refractivity contribution is 7.59. The summed E-state index contributed by atoms with van der Waals surface area (Å²) >= 11 is 0. The summed E-state index contributed by atoms with van der Waals surface area (Å²) in [5.74, 6) is 0. The number of aliphatic hydroxyl groups is 3. The third-order valence-electron chi connectivity index (χ3n) is 5.41. The van der Waals surface area contributed by atoms with Crippen LogP contribution in [0, 0.1) is 6.92 Å². The molecule has 34 heavy (non-hydrogen) atoms. The van der Waals surface area contributed by atoms with Gasteiger partial charge in [-0.05, 0) is 13.8 Å². The van der Waals surface area contributed by atoms with Crippen molar-refractivity contribution in [1.29, 1.82) is 0 Å². The molecule has 3 heterocycles. The van der Waals surface area contributed by atoms with E-state index in [1.165, 1.54) is 20.0 Å². The average Bonchev–Trinajstić information content (AvgIpc) is 3.21.